The van der Waals surface area contributed by atoms with Crippen LogP contribution in [0.3, 0.4) is 0 Å². The number of hydrogen-bond donors (Lipinski definition) is 2. The van der Waals surface area contributed by atoms with Gasteiger partial charge in [-0.2, -0.15) is 0 Å². The second-order valence-electron chi connectivity index (χ2n) is 4.80. The van der Waals surface area contributed by atoms with Crippen LogP contribution in [0, 0.1) is 5.92 Å². The van der Waals surface area contributed by atoms with Gasteiger partial charge in [-0.1, -0.05) is 25.8 Å². The molecular weight excluding hydrogens is 186 g/mol. The van der Waals surface area contributed by atoms with Crippen molar-refractivity contribution in [2.24, 2.45) is 5.92 Å². The van der Waals surface area contributed by atoms with Crippen LogP contribution in [0.1, 0.15) is 45.4 Å². The van der Waals surface area contributed by atoms with Gasteiger partial charge >= 0.3 is 0 Å². The van der Waals surface area contributed by atoms with Crippen LogP contribution in [0.15, 0.2) is 12.7 Å². The fraction of sp³-hybridized carbons (Fsp3) is 0.846. The normalized spacial score (nSPS) is 28.7. The summed E-state index contributed by atoms with van der Waals surface area (Å²) in [5.41, 5.74) is 0. The van der Waals surface area contributed by atoms with E-state index in [1.807, 2.05) is 6.08 Å². The molecule has 2 N–H and O–H groups in total. The second kappa shape index (κ2) is 7.02. The minimum absolute atomic E-state index is 0.211. The van der Waals surface area contributed by atoms with Gasteiger partial charge in [-0.3, -0.25) is 0 Å². The summed E-state index contributed by atoms with van der Waals surface area (Å²) in [6.07, 6.45) is 8.71. The van der Waals surface area contributed by atoms with Gasteiger partial charge in [0.05, 0.1) is 6.10 Å². The molecular formula is C13H25NO. The molecule has 1 rings (SSSR count). The molecule has 1 saturated carbocycles. The minimum Gasteiger partial charge on any atom is -0.392 e. The Kier molecular flexibility index (Phi) is 5.96. The van der Waals surface area contributed by atoms with Crippen LogP contribution < -0.4 is 5.32 Å². The summed E-state index contributed by atoms with van der Waals surface area (Å²) < 4.78 is 0. The fourth-order valence-corrected chi connectivity index (χ4v) is 2.32. The molecule has 0 amide bonds. The lowest BCUT2D eigenvalue weighted by Gasteiger charge is -2.30. The van der Waals surface area contributed by atoms with Gasteiger partial charge in [-0.05, 0) is 31.6 Å². The highest BCUT2D eigenvalue weighted by atomic mass is 16.3. The number of aliphatic hydroxyl groups is 1. The summed E-state index contributed by atoms with van der Waals surface area (Å²) in [7, 11) is 0. The molecule has 0 radical (unpaired) electrons. The smallest absolute Gasteiger partial charge is 0.0667 e. The molecule has 0 aliphatic heterocycles. The molecule has 1 aliphatic rings. The zero-order valence-corrected chi connectivity index (χ0v) is 9.91. The summed E-state index contributed by atoms with van der Waals surface area (Å²) in [5, 5.41) is 13.2. The number of hydrogen-bond acceptors (Lipinski definition) is 2. The lowest BCUT2D eigenvalue weighted by molar-refractivity contribution is 0.148. The third-order valence-corrected chi connectivity index (χ3v) is 3.43. The first-order valence-corrected chi connectivity index (χ1v) is 6.26. The van der Waals surface area contributed by atoms with Crippen LogP contribution in [-0.4, -0.2) is 23.8 Å². The van der Waals surface area contributed by atoms with Crippen molar-refractivity contribution in [3.63, 3.8) is 0 Å². The Morgan fingerprint density at radius 2 is 2.20 bits per heavy atom. The molecule has 3 atom stereocenters. The van der Waals surface area contributed by atoms with E-state index in [2.05, 4.69) is 18.8 Å². The van der Waals surface area contributed by atoms with E-state index in [0.717, 1.165) is 25.3 Å². The maximum absolute atomic E-state index is 9.69. The van der Waals surface area contributed by atoms with Crippen molar-refractivity contribution in [3.05, 3.63) is 12.7 Å². The molecule has 2 heteroatoms. The average Bonchev–Trinajstić information content (AvgIpc) is 2.25. The quantitative estimate of drug-likeness (QED) is 0.662. The molecule has 0 bridgehead atoms. The lowest BCUT2D eigenvalue weighted by Crippen LogP contribution is -2.41. The Morgan fingerprint density at radius 1 is 1.47 bits per heavy atom. The van der Waals surface area contributed by atoms with E-state index < -0.39 is 0 Å². The van der Waals surface area contributed by atoms with Crippen molar-refractivity contribution < 1.29 is 5.11 Å². The van der Waals surface area contributed by atoms with E-state index >= 15 is 0 Å². The van der Waals surface area contributed by atoms with Crippen molar-refractivity contribution in [3.8, 4) is 0 Å². The Morgan fingerprint density at radius 3 is 2.87 bits per heavy atom. The van der Waals surface area contributed by atoms with Gasteiger partial charge < -0.3 is 10.4 Å². The van der Waals surface area contributed by atoms with Crippen LogP contribution in [0.5, 0.6) is 0 Å². The zero-order chi connectivity index (χ0) is 11.1. The highest BCUT2D eigenvalue weighted by Crippen LogP contribution is 2.23. The summed E-state index contributed by atoms with van der Waals surface area (Å²) >= 11 is 0. The molecule has 2 nitrogen and oxygen atoms in total. The van der Waals surface area contributed by atoms with Crippen LogP contribution in [0.2, 0.25) is 0 Å². The number of aliphatic hydroxyl groups excluding tert-OH is 1. The molecule has 15 heavy (non-hydrogen) atoms. The fourth-order valence-electron chi connectivity index (χ4n) is 2.32. The van der Waals surface area contributed by atoms with Crippen molar-refractivity contribution in [2.75, 3.05) is 6.54 Å². The van der Waals surface area contributed by atoms with Gasteiger partial charge in [0, 0.05) is 12.6 Å². The SMILES string of the molecule is C=CCC[C@@H](O)CN[C@@H]1CCCC[C@@H]1C. The topological polar surface area (TPSA) is 32.3 Å². The monoisotopic (exact) mass is 211 g/mol. The Hall–Kier alpha value is -0.340. The van der Waals surface area contributed by atoms with Gasteiger partial charge in [0.15, 0.2) is 0 Å². The predicted octanol–water partition coefficient (Wildman–Crippen LogP) is 2.48. The van der Waals surface area contributed by atoms with Crippen LogP contribution in [0.25, 0.3) is 0 Å². The molecule has 1 fully saturated rings. The minimum atomic E-state index is -0.211. The average molecular weight is 211 g/mol. The number of rotatable bonds is 6. The highest BCUT2D eigenvalue weighted by molar-refractivity contribution is 4.79. The Balaban J connectivity index is 2.14. The molecule has 0 spiro atoms. The van der Waals surface area contributed by atoms with Gasteiger partial charge in [0.2, 0.25) is 0 Å². The van der Waals surface area contributed by atoms with E-state index in [4.69, 9.17) is 0 Å². The molecule has 0 heterocycles. The predicted molar refractivity (Wildman–Crippen MR) is 64.9 cm³/mol. The first-order valence-electron chi connectivity index (χ1n) is 6.26. The van der Waals surface area contributed by atoms with Gasteiger partial charge in [0.1, 0.15) is 0 Å². The molecule has 0 aromatic carbocycles. The van der Waals surface area contributed by atoms with Gasteiger partial charge in [-0.25, -0.2) is 0 Å². The summed E-state index contributed by atoms with van der Waals surface area (Å²) in [4.78, 5) is 0. The molecule has 1 aliphatic carbocycles. The van der Waals surface area contributed by atoms with Crippen molar-refractivity contribution in [1.82, 2.24) is 5.32 Å². The lowest BCUT2D eigenvalue weighted by atomic mass is 9.86. The van der Waals surface area contributed by atoms with Crippen molar-refractivity contribution >= 4 is 0 Å². The molecule has 0 aromatic rings. The van der Waals surface area contributed by atoms with E-state index in [9.17, 15) is 5.11 Å². The highest BCUT2D eigenvalue weighted by Gasteiger charge is 2.20. The largest absolute Gasteiger partial charge is 0.392 e. The summed E-state index contributed by atoms with van der Waals surface area (Å²) in [6, 6.07) is 0.622. The standard InChI is InChI=1S/C13H25NO/c1-3-4-8-12(15)10-14-13-9-6-5-7-11(13)2/h3,11-15H,1,4-10H2,2H3/t11-,12+,13+/m0/s1. The third kappa shape index (κ3) is 4.80. The Labute approximate surface area is 93.8 Å². The second-order valence-corrected chi connectivity index (χ2v) is 4.80. The van der Waals surface area contributed by atoms with E-state index in [1.165, 1.54) is 25.7 Å². The van der Waals surface area contributed by atoms with Crippen molar-refractivity contribution in [2.45, 2.75) is 57.6 Å². The van der Waals surface area contributed by atoms with Crippen molar-refractivity contribution in [1.29, 1.82) is 0 Å². The molecule has 88 valence electrons. The maximum atomic E-state index is 9.69. The zero-order valence-electron chi connectivity index (χ0n) is 9.91. The first kappa shape index (κ1) is 12.7. The third-order valence-electron chi connectivity index (χ3n) is 3.43. The van der Waals surface area contributed by atoms with E-state index in [0.29, 0.717) is 6.04 Å². The van der Waals surface area contributed by atoms with E-state index in [1.54, 1.807) is 0 Å². The molecule has 0 aromatic heterocycles. The molecule has 0 unspecified atom stereocenters. The number of allylic oxidation sites excluding steroid dienone is 1. The van der Waals surface area contributed by atoms with Crippen LogP contribution >= 0.6 is 0 Å². The summed E-state index contributed by atoms with van der Waals surface area (Å²) in [5.74, 6) is 0.769. The van der Waals surface area contributed by atoms with Gasteiger partial charge in [-0.15, -0.1) is 6.58 Å². The molecule has 0 saturated heterocycles. The van der Waals surface area contributed by atoms with Crippen LogP contribution in [-0.2, 0) is 0 Å². The number of nitrogens with one attached hydrogen (secondary N) is 1. The van der Waals surface area contributed by atoms with Crippen LogP contribution in [0.4, 0.5) is 0 Å². The Bertz CT molecular complexity index is 181. The summed E-state index contributed by atoms with van der Waals surface area (Å²) in [6.45, 7) is 6.71. The van der Waals surface area contributed by atoms with Gasteiger partial charge in [0.25, 0.3) is 0 Å². The first-order chi connectivity index (χ1) is 7.24. The van der Waals surface area contributed by atoms with E-state index in [-0.39, 0.29) is 6.10 Å². The maximum Gasteiger partial charge on any atom is 0.0667 e.